The number of rotatable bonds is 2. The van der Waals surface area contributed by atoms with Crippen LogP contribution in [0.15, 0.2) is 18.2 Å². The zero-order chi connectivity index (χ0) is 11.4. The van der Waals surface area contributed by atoms with E-state index in [1.165, 1.54) is 12.1 Å². The molecule has 15 heavy (non-hydrogen) atoms. The number of hydrogen-bond donors (Lipinski definition) is 3. The topological polar surface area (TPSA) is 50.1 Å². The highest BCUT2D eigenvalue weighted by Gasteiger charge is 2.08. The lowest BCUT2D eigenvalue weighted by Crippen LogP contribution is -2.34. The molecule has 0 unspecified atom stereocenters. The molecule has 0 atom stereocenters. The summed E-state index contributed by atoms with van der Waals surface area (Å²) in [6, 6.07) is 4.52. The molecule has 0 fully saturated rings. The van der Waals surface area contributed by atoms with Crippen molar-refractivity contribution in [3.8, 4) is 0 Å². The van der Waals surface area contributed by atoms with Crippen LogP contribution in [0.2, 0.25) is 0 Å². The Labute approximate surface area is 93.8 Å². The van der Waals surface area contributed by atoms with Gasteiger partial charge >= 0.3 is 0 Å². The minimum atomic E-state index is -0.254. The second-order valence-corrected chi connectivity index (χ2v) is 3.89. The molecule has 5 heteroatoms. The lowest BCUT2D eigenvalue weighted by atomic mass is 10.0. The average Bonchev–Trinajstić information content (AvgIpc) is 2.20. The van der Waals surface area contributed by atoms with Gasteiger partial charge in [-0.1, -0.05) is 13.8 Å². The van der Waals surface area contributed by atoms with Crippen LogP contribution in [0.1, 0.15) is 25.3 Å². The minimum absolute atomic E-state index is 0.212. The first-order chi connectivity index (χ1) is 7.04. The molecule has 0 saturated carbocycles. The van der Waals surface area contributed by atoms with E-state index in [4.69, 9.17) is 18.1 Å². The SMILES string of the molecule is CC(C)c1cc(F)ccc1NC(=S)NN. The van der Waals surface area contributed by atoms with Crippen LogP contribution in [0, 0.1) is 5.82 Å². The standard InChI is InChI=1S/C10H14FN3S/c1-6(2)8-5-7(11)3-4-9(8)13-10(15)14-12/h3-6H,12H2,1-2H3,(H2,13,14,15). The van der Waals surface area contributed by atoms with E-state index in [9.17, 15) is 4.39 Å². The lowest BCUT2D eigenvalue weighted by Gasteiger charge is -2.14. The Morgan fingerprint density at radius 2 is 2.13 bits per heavy atom. The summed E-state index contributed by atoms with van der Waals surface area (Å²) in [5.74, 6) is 5.11. The molecule has 1 rings (SSSR count). The van der Waals surface area contributed by atoms with Crippen molar-refractivity contribution in [3.63, 3.8) is 0 Å². The van der Waals surface area contributed by atoms with Crippen molar-refractivity contribution < 1.29 is 4.39 Å². The number of halogens is 1. The Morgan fingerprint density at radius 3 is 2.67 bits per heavy atom. The number of hydrazine groups is 1. The highest BCUT2D eigenvalue weighted by atomic mass is 32.1. The van der Waals surface area contributed by atoms with Crippen molar-refractivity contribution in [2.45, 2.75) is 19.8 Å². The molecule has 0 aliphatic rings. The molecule has 0 saturated heterocycles. The molecule has 4 N–H and O–H groups in total. The van der Waals surface area contributed by atoms with Gasteiger partial charge in [-0.3, -0.25) is 0 Å². The van der Waals surface area contributed by atoms with E-state index in [1.54, 1.807) is 6.07 Å². The summed E-state index contributed by atoms with van der Waals surface area (Å²) < 4.78 is 13.0. The van der Waals surface area contributed by atoms with Crippen LogP contribution in [0.5, 0.6) is 0 Å². The molecule has 0 amide bonds. The predicted molar refractivity (Wildman–Crippen MR) is 64.0 cm³/mol. The van der Waals surface area contributed by atoms with E-state index in [0.29, 0.717) is 5.11 Å². The highest BCUT2D eigenvalue weighted by molar-refractivity contribution is 7.80. The molecule has 0 aliphatic heterocycles. The van der Waals surface area contributed by atoms with Gasteiger partial charge in [0.1, 0.15) is 5.82 Å². The number of nitrogens with one attached hydrogen (secondary N) is 2. The average molecular weight is 227 g/mol. The Kier molecular flexibility index (Phi) is 3.99. The van der Waals surface area contributed by atoms with Gasteiger partial charge in [0.2, 0.25) is 0 Å². The molecule has 0 heterocycles. The highest BCUT2D eigenvalue weighted by Crippen LogP contribution is 2.24. The first kappa shape index (κ1) is 11.9. The predicted octanol–water partition coefficient (Wildman–Crippen LogP) is 2.11. The van der Waals surface area contributed by atoms with Crippen molar-refractivity contribution >= 4 is 23.0 Å². The fourth-order valence-corrected chi connectivity index (χ4v) is 1.39. The van der Waals surface area contributed by atoms with Crippen LogP contribution >= 0.6 is 12.2 Å². The van der Waals surface area contributed by atoms with Crippen LogP contribution in [0.4, 0.5) is 10.1 Å². The number of thiocarbonyl (C=S) groups is 1. The van der Waals surface area contributed by atoms with Crippen molar-refractivity contribution in [3.05, 3.63) is 29.6 Å². The molecule has 3 nitrogen and oxygen atoms in total. The maximum atomic E-state index is 13.0. The smallest absolute Gasteiger partial charge is 0.185 e. The molecule has 1 aromatic rings. The van der Waals surface area contributed by atoms with E-state index >= 15 is 0 Å². The van der Waals surface area contributed by atoms with Gasteiger partial charge in [-0.05, 0) is 41.9 Å². The second-order valence-electron chi connectivity index (χ2n) is 3.48. The third-order valence-corrected chi connectivity index (χ3v) is 2.23. The molecule has 0 radical (unpaired) electrons. The first-order valence-electron chi connectivity index (χ1n) is 4.61. The second kappa shape index (κ2) is 5.04. The van der Waals surface area contributed by atoms with Gasteiger partial charge in [0.25, 0.3) is 0 Å². The third kappa shape index (κ3) is 3.14. The van der Waals surface area contributed by atoms with Crippen LogP contribution in [-0.4, -0.2) is 5.11 Å². The van der Waals surface area contributed by atoms with Crippen LogP contribution < -0.4 is 16.6 Å². The Balaban J connectivity index is 3.00. The summed E-state index contributed by atoms with van der Waals surface area (Å²) in [5, 5.41) is 3.21. The van der Waals surface area contributed by atoms with Crippen molar-refractivity contribution in [1.82, 2.24) is 5.43 Å². The Bertz CT molecular complexity index is 366. The zero-order valence-electron chi connectivity index (χ0n) is 8.67. The summed E-state index contributed by atoms with van der Waals surface area (Å²) in [6.07, 6.45) is 0. The van der Waals surface area contributed by atoms with Crippen molar-refractivity contribution in [1.29, 1.82) is 0 Å². The molecular weight excluding hydrogens is 213 g/mol. The summed E-state index contributed by atoms with van der Waals surface area (Å²) >= 11 is 4.88. The number of nitrogens with two attached hydrogens (primary N) is 1. The van der Waals surface area contributed by atoms with Gasteiger partial charge in [0.05, 0.1) is 0 Å². The number of benzene rings is 1. The van der Waals surface area contributed by atoms with Gasteiger partial charge < -0.3 is 10.7 Å². The fraction of sp³-hybridized carbons (Fsp3) is 0.300. The summed E-state index contributed by atoms with van der Waals surface area (Å²) in [4.78, 5) is 0. The molecule has 0 aromatic heterocycles. The maximum Gasteiger partial charge on any atom is 0.185 e. The van der Waals surface area contributed by atoms with Gasteiger partial charge in [-0.15, -0.1) is 0 Å². The summed E-state index contributed by atoms with van der Waals surface area (Å²) in [5.41, 5.74) is 3.96. The van der Waals surface area contributed by atoms with Gasteiger partial charge in [0, 0.05) is 5.69 Å². The fourth-order valence-electron chi connectivity index (χ4n) is 1.28. The number of hydrogen-bond acceptors (Lipinski definition) is 2. The van der Waals surface area contributed by atoms with Crippen LogP contribution in [-0.2, 0) is 0 Å². The van der Waals surface area contributed by atoms with Gasteiger partial charge in [-0.25, -0.2) is 10.2 Å². The molecule has 0 spiro atoms. The van der Waals surface area contributed by atoms with Crippen LogP contribution in [0.3, 0.4) is 0 Å². The molecular formula is C10H14FN3S. The largest absolute Gasteiger partial charge is 0.331 e. The Hall–Kier alpha value is -1.20. The first-order valence-corrected chi connectivity index (χ1v) is 5.02. The molecule has 0 aliphatic carbocycles. The maximum absolute atomic E-state index is 13.0. The zero-order valence-corrected chi connectivity index (χ0v) is 9.49. The minimum Gasteiger partial charge on any atom is -0.331 e. The van der Waals surface area contributed by atoms with Crippen LogP contribution in [0.25, 0.3) is 0 Å². The third-order valence-electron chi connectivity index (χ3n) is 2.01. The number of anilines is 1. The van der Waals surface area contributed by atoms with Gasteiger partial charge in [0.15, 0.2) is 5.11 Å². The van der Waals surface area contributed by atoms with Gasteiger partial charge in [-0.2, -0.15) is 0 Å². The molecule has 1 aromatic carbocycles. The lowest BCUT2D eigenvalue weighted by molar-refractivity contribution is 0.623. The summed E-state index contributed by atoms with van der Waals surface area (Å²) in [6.45, 7) is 3.97. The van der Waals surface area contributed by atoms with E-state index in [0.717, 1.165) is 11.3 Å². The molecule has 82 valence electrons. The monoisotopic (exact) mass is 227 g/mol. The van der Waals surface area contributed by atoms with Crippen molar-refractivity contribution in [2.24, 2.45) is 5.84 Å². The Morgan fingerprint density at radius 1 is 1.47 bits per heavy atom. The quantitative estimate of drug-likeness (QED) is 0.411. The summed E-state index contributed by atoms with van der Waals surface area (Å²) in [7, 11) is 0. The normalized spacial score (nSPS) is 10.2. The van der Waals surface area contributed by atoms with Crippen molar-refractivity contribution in [2.75, 3.05) is 5.32 Å². The van der Waals surface area contributed by atoms with E-state index in [1.807, 2.05) is 13.8 Å². The van der Waals surface area contributed by atoms with E-state index in [-0.39, 0.29) is 11.7 Å². The van der Waals surface area contributed by atoms with E-state index < -0.39 is 0 Å². The van der Waals surface area contributed by atoms with E-state index in [2.05, 4.69) is 10.7 Å². The molecule has 0 bridgehead atoms.